The minimum atomic E-state index is -0.435. The minimum Gasteiger partial charge on any atom is -0.460 e. The zero-order valence-corrected chi connectivity index (χ0v) is 12.4. The molecule has 1 fully saturated rings. The highest BCUT2D eigenvalue weighted by atomic mass is 16.6. The average Bonchev–Trinajstić information content (AvgIpc) is 2.27. The van der Waals surface area contributed by atoms with Crippen LogP contribution in [0.1, 0.15) is 31.9 Å². The Morgan fingerprint density at radius 1 is 1.25 bits per heavy atom. The molecule has 110 valence electrons. The molecule has 1 aromatic carbocycles. The topological polar surface area (TPSA) is 49.8 Å². The van der Waals surface area contributed by atoms with Crippen molar-refractivity contribution in [2.24, 2.45) is 0 Å². The van der Waals surface area contributed by atoms with Crippen LogP contribution in [0.15, 0.2) is 24.3 Å². The molecule has 0 aliphatic carbocycles. The van der Waals surface area contributed by atoms with Crippen LogP contribution in [0.25, 0.3) is 0 Å². The summed E-state index contributed by atoms with van der Waals surface area (Å²) in [5, 5.41) is 9.24. The van der Waals surface area contributed by atoms with Crippen molar-refractivity contribution in [3.8, 4) is 0 Å². The number of β-amino-alcohol motifs (C(OH)–C–C–N with tert-alkyl or cyclic N) is 1. The van der Waals surface area contributed by atoms with E-state index in [0.29, 0.717) is 6.42 Å². The second-order valence-electron chi connectivity index (χ2n) is 6.43. The Morgan fingerprint density at radius 2 is 1.80 bits per heavy atom. The molecular formula is C16H23NO3. The van der Waals surface area contributed by atoms with Gasteiger partial charge < -0.3 is 9.84 Å². The summed E-state index contributed by atoms with van der Waals surface area (Å²) >= 11 is 0. The average molecular weight is 277 g/mol. The lowest BCUT2D eigenvalue weighted by molar-refractivity contribution is -0.153. The van der Waals surface area contributed by atoms with Crippen molar-refractivity contribution < 1.29 is 14.6 Å². The first-order chi connectivity index (χ1) is 9.32. The van der Waals surface area contributed by atoms with E-state index in [1.54, 1.807) is 0 Å². The molecule has 1 aromatic rings. The number of ether oxygens (including phenoxy) is 1. The van der Waals surface area contributed by atoms with Crippen molar-refractivity contribution in [1.29, 1.82) is 0 Å². The van der Waals surface area contributed by atoms with Gasteiger partial charge in [-0.2, -0.15) is 0 Å². The third-order valence-corrected chi connectivity index (χ3v) is 3.14. The molecule has 0 saturated carbocycles. The van der Waals surface area contributed by atoms with Gasteiger partial charge in [-0.1, -0.05) is 24.3 Å². The Labute approximate surface area is 120 Å². The lowest BCUT2D eigenvalue weighted by atomic mass is 10.1. The Morgan fingerprint density at radius 3 is 2.30 bits per heavy atom. The third kappa shape index (κ3) is 4.62. The molecule has 0 bridgehead atoms. The summed E-state index contributed by atoms with van der Waals surface area (Å²) in [5.41, 5.74) is 1.73. The van der Waals surface area contributed by atoms with Crippen LogP contribution >= 0.6 is 0 Å². The molecule has 4 heteroatoms. The van der Waals surface area contributed by atoms with E-state index in [0.717, 1.165) is 25.2 Å². The second-order valence-corrected chi connectivity index (χ2v) is 6.43. The molecule has 1 aliphatic heterocycles. The highest BCUT2D eigenvalue weighted by Crippen LogP contribution is 2.15. The zero-order chi connectivity index (χ0) is 14.8. The number of rotatable bonds is 4. The molecule has 1 aliphatic rings. The fraction of sp³-hybridized carbons (Fsp3) is 0.562. The first-order valence-corrected chi connectivity index (χ1v) is 7.02. The molecule has 0 unspecified atom stereocenters. The van der Waals surface area contributed by atoms with Gasteiger partial charge >= 0.3 is 5.97 Å². The maximum Gasteiger partial charge on any atom is 0.310 e. The molecule has 4 nitrogen and oxygen atoms in total. The fourth-order valence-electron chi connectivity index (χ4n) is 2.24. The van der Waals surface area contributed by atoms with E-state index in [-0.39, 0.29) is 12.1 Å². The van der Waals surface area contributed by atoms with Gasteiger partial charge in [-0.15, -0.1) is 0 Å². The smallest absolute Gasteiger partial charge is 0.310 e. The Balaban J connectivity index is 1.83. The van der Waals surface area contributed by atoms with Crippen molar-refractivity contribution in [3.05, 3.63) is 35.4 Å². The van der Waals surface area contributed by atoms with E-state index in [2.05, 4.69) is 4.90 Å². The van der Waals surface area contributed by atoms with E-state index < -0.39 is 5.60 Å². The highest BCUT2D eigenvalue weighted by molar-refractivity contribution is 5.73. The summed E-state index contributed by atoms with van der Waals surface area (Å²) in [6, 6.07) is 8.00. The van der Waals surface area contributed by atoms with Gasteiger partial charge in [0.1, 0.15) is 5.60 Å². The Kier molecular flexibility index (Phi) is 4.45. The molecule has 2 rings (SSSR count). The number of aliphatic hydroxyl groups excluding tert-OH is 1. The van der Waals surface area contributed by atoms with Crippen LogP contribution in [0.2, 0.25) is 0 Å². The monoisotopic (exact) mass is 277 g/mol. The SMILES string of the molecule is CC(C)(C)OC(=O)Cc1ccc(CN2CC(O)C2)cc1. The fourth-order valence-corrected chi connectivity index (χ4v) is 2.24. The van der Waals surface area contributed by atoms with Gasteiger partial charge in [0.05, 0.1) is 12.5 Å². The number of esters is 1. The van der Waals surface area contributed by atoms with Crippen LogP contribution in [0.5, 0.6) is 0 Å². The van der Waals surface area contributed by atoms with E-state index in [1.807, 2.05) is 45.0 Å². The van der Waals surface area contributed by atoms with Crippen molar-refractivity contribution in [1.82, 2.24) is 4.90 Å². The standard InChI is InChI=1S/C16H23NO3/c1-16(2,3)20-15(19)8-12-4-6-13(7-5-12)9-17-10-14(18)11-17/h4-7,14,18H,8-11H2,1-3H3. The molecule has 1 saturated heterocycles. The summed E-state index contributed by atoms with van der Waals surface area (Å²) in [4.78, 5) is 13.9. The van der Waals surface area contributed by atoms with Crippen molar-refractivity contribution in [3.63, 3.8) is 0 Å². The van der Waals surface area contributed by atoms with Crippen LogP contribution in [-0.4, -0.2) is 40.8 Å². The lowest BCUT2D eigenvalue weighted by Crippen LogP contribution is -2.49. The zero-order valence-electron chi connectivity index (χ0n) is 12.4. The van der Waals surface area contributed by atoms with Gasteiger partial charge in [0.15, 0.2) is 0 Å². The maximum atomic E-state index is 11.7. The second kappa shape index (κ2) is 5.94. The molecular weight excluding hydrogens is 254 g/mol. The summed E-state index contributed by atoms with van der Waals surface area (Å²) in [7, 11) is 0. The van der Waals surface area contributed by atoms with Crippen molar-refractivity contribution in [2.75, 3.05) is 13.1 Å². The first kappa shape index (κ1) is 15.0. The van der Waals surface area contributed by atoms with Gasteiger partial charge in [0.2, 0.25) is 0 Å². The molecule has 1 N–H and O–H groups in total. The van der Waals surface area contributed by atoms with E-state index in [1.165, 1.54) is 5.56 Å². The maximum absolute atomic E-state index is 11.7. The van der Waals surface area contributed by atoms with E-state index in [4.69, 9.17) is 4.74 Å². The quantitative estimate of drug-likeness (QED) is 0.852. The molecule has 0 spiro atoms. The van der Waals surface area contributed by atoms with Gasteiger partial charge in [-0.05, 0) is 31.9 Å². The third-order valence-electron chi connectivity index (χ3n) is 3.14. The summed E-state index contributed by atoms with van der Waals surface area (Å²) < 4.78 is 5.30. The number of aliphatic hydroxyl groups is 1. The molecule has 0 radical (unpaired) electrons. The number of nitrogens with zero attached hydrogens (tertiary/aromatic N) is 1. The summed E-state index contributed by atoms with van der Waals surface area (Å²) in [6.45, 7) is 7.96. The molecule has 0 amide bonds. The number of carbonyl (C=O) groups is 1. The summed E-state index contributed by atoms with van der Waals surface area (Å²) in [5.74, 6) is -0.198. The van der Waals surface area contributed by atoms with Crippen LogP contribution in [0.3, 0.4) is 0 Å². The number of hydrogen-bond acceptors (Lipinski definition) is 4. The predicted molar refractivity (Wildman–Crippen MR) is 77.3 cm³/mol. The molecule has 0 aromatic heterocycles. The molecule has 0 atom stereocenters. The van der Waals surface area contributed by atoms with E-state index in [9.17, 15) is 9.90 Å². The Bertz CT molecular complexity index is 456. The highest BCUT2D eigenvalue weighted by Gasteiger charge is 2.23. The van der Waals surface area contributed by atoms with Crippen molar-refractivity contribution in [2.45, 2.75) is 45.4 Å². The summed E-state index contributed by atoms with van der Waals surface area (Å²) in [6.07, 6.45) is 0.140. The number of carbonyl (C=O) groups excluding carboxylic acids is 1. The van der Waals surface area contributed by atoms with Crippen molar-refractivity contribution >= 4 is 5.97 Å². The van der Waals surface area contributed by atoms with Crippen LogP contribution < -0.4 is 0 Å². The van der Waals surface area contributed by atoms with E-state index >= 15 is 0 Å². The molecule has 1 heterocycles. The Hall–Kier alpha value is -1.39. The normalized spacial score (nSPS) is 16.8. The number of likely N-dealkylation sites (tertiary alicyclic amines) is 1. The van der Waals surface area contributed by atoms with Gasteiger partial charge in [-0.3, -0.25) is 9.69 Å². The van der Waals surface area contributed by atoms with Crippen LogP contribution in [0, 0.1) is 0 Å². The predicted octanol–water partition coefficient (Wildman–Crippen LogP) is 1.75. The van der Waals surface area contributed by atoms with Crippen LogP contribution in [-0.2, 0) is 22.5 Å². The number of benzene rings is 1. The minimum absolute atomic E-state index is 0.165. The van der Waals surface area contributed by atoms with Crippen LogP contribution in [0.4, 0.5) is 0 Å². The van der Waals surface area contributed by atoms with Gasteiger partial charge in [0.25, 0.3) is 0 Å². The largest absolute Gasteiger partial charge is 0.460 e. The van der Waals surface area contributed by atoms with Gasteiger partial charge in [0, 0.05) is 19.6 Å². The lowest BCUT2D eigenvalue weighted by Gasteiger charge is -2.35. The molecule has 20 heavy (non-hydrogen) atoms. The first-order valence-electron chi connectivity index (χ1n) is 7.02. The van der Waals surface area contributed by atoms with Gasteiger partial charge in [-0.25, -0.2) is 0 Å². The number of hydrogen-bond donors (Lipinski definition) is 1.